The van der Waals surface area contributed by atoms with Gasteiger partial charge >= 0.3 is 0 Å². The highest BCUT2D eigenvalue weighted by molar-refractivity contribution is 4.77. The Morgan fingerprint density at radius 1 is 1.07 bits per heavy atom. The van der Waals surface area contributed by atoms with Gasteiger partial charge in [0, 0.05) is 13.1 Å². The van der Waals surface area contributed by atoms with Crippen molar-refractivity contribution >= 4 is 0 Å². The van der Waals surface area contributed by atoms with Crippen LogP contribution in [0.1, 0.15) is 32.6 Å². The fraction of sp³-hybridized carbons (Fsp3) is 0.667. The Morgan fingerprint density at radius 2 is 1.64 bits per heavy atom. The van der Waals surface area contributed by atoms with Gasteiger partial charge in [0.25, 0.3) is 0 Å². The summed E-state index contributed by atoms with van der Waals surface area (Å²) in [5.74, 6) is 0. The Labute approximate surface area is 88.5 Å². The third-order valence-corrected chi connectivity index (χ3v) is 2.11. The molecule has 0 amide bonds. The minimum Gasteiger partial charge on any atom is -0.298 e. The zero-order valence-corrected chi connectivity index (χ0v) is 9.39. The molecule has 82 valence electrons. The first kappa shape index (κ1) is 13.4. The molecule has 2 nitrogen and oxygen atoms in total. The van der Waals surface area contributed by atoms with E-state index in [0.717, 1.165) is 13.1 Å². The molecule has 14 heavy (non-hydrogen) atoms. The van der Waals surface area contributed by atoms with Gasteiger partial charge in [0.05, 0.1) is 6.17 Å². The highest BCUT2D eigenvalue weighted by atomic mass is 15.1. The number of rotatable bonds is 10. The predicted molar refractivity (Wildman–Crippen MR) is 64.3 cm³/mol. The quantitative estimate of drug-likeness (QED) is 0.318. The van der Waals surface area contributed by atoms with Crippen LogP contribution in [-0.4, -0.2) is 19.3 Å². The topological polar surface area (TPSA) is 24.1 Å². The molecule has 0 saturated carbocycles. The van der Waals surface area contributed by atoms with Gasteiger partial charge in [-0.3, -0.25) is 10.6 Å². The summed E-state index contributed by atoms with van der Waals surface area (Å²) in [6.07, 6.45) is 9.21. The maximum atomic E-state index is 3.70. The average Bonchev–Trinajstić information content (AvgIpc) is 2.21. The summed E-state index contributed by atoms with van der Waals surface area (Å²) in [6.45, 7) is 11.3. The van der Waals surface area contributed by atoms with Crippen molar-refractivity contribution < 1.29 is 0 Å². The number of unbranched alkanes of at least 4 members (excludes halogenated alkanes) is 2. The molecule has 0 aliphatic rings. The SMILES string of the molecule is C=CCNC(CCCCC)NCC=C. The lowest BCUT2D eigenvalue weighted by Gasteiger charge is -2.18. The van der Waals surface area contributed by atoms with Crippen molar-refractivity contribution in [1.82, 2.24) is 10.6 Å². The third kappa shape index (κ3) is 8.02. The van der Waals surface area contributed by atoms with Crippen LogP contribution in [0.25, 0.3) is 0 Å². The molecule has 0 atom stereocenters. The summed E-state index contributed by atoms with van der Waals surface area (Å²) in [4.78, 5) is 0. The lowest BCUT2D eigenvalue weighted by Crippen LogP contribution is -2.42. The van der Waals surface area contributed by atoms with Gasteiger partial charge in [-0.05, 0) is 6.42 Å². The molecule has 0 saturated heterocycles. The molecule has 0 bridgehead atoms. The van der Waals surface area contributed by atoms with E-state index in [9.17, 15) is 0 Å². The van der Waals surface area contributed by atoms with Crippen LogP contribution in [0.2, 0.25) is 0 Å². The second-order valence-corrected chi connectivity index (χ2v) is 3.44. The van der Waals surface area contributed by atoms with Crippen molar-refractivity contribution in [3.8, 4) is 0 Å². The lowest BCUT2D eigenvalue weighted by atomic mass is 10.1. The van der Waals surface area contributed by atoms with Gasteiger partial charge in [-0.1, -0.05) is 38.3 Å². The second kappa shape index (κ2) is 10.5. The molecular weight excluding hydrogens is 172 g/mol. The molecule has 0 aromatic carbocycles. The smallest absolute Gasteiger partial charge is 0.0576 e. The molecule has 0 heterocycles. The Morgan fingerprint density at radius 3 is 2.07 bits per heavy atom. The second-order valence-electron chi connectivity index (χ2n) is 3.44. The summed E-state index contributed by atoms with van der Waals surface area (Å²) >= 11 is 0. The highest BCUT2D eigenvalue weighted by Crippen LogP contribution is 2.01. The summed E-state index contributed by atoms with van der Waals surface area (Å²) < 4.78 is 0. The van der Waals surface area contributed by atoms with Crippen molar-refractivity contribution in [2.45, 2.75) is 38.8 Å². The predicted octanol–water partition coefficient (Wildman–Crippen LogP) is 2.44. The highest BCUT2D eigenvalue weighted by Gasteiger charge is 2.03. The van der Waals surface area contributed by atoms with Gasteiger partial charge < -0.3 is 0 Å². The Balaban J connectivity index is 3.59. The molecule has 2 heteroatoms. The normalized spacial score (nSPS) is 10.4. The van der Waals surface area contributed by atoms with Crippen LogP contribution in [-0.2, 0) is 0 Å². The van der Waals surface area contributed by atoms with Crippen LogP contribution in [0.15, 0.2) is 25.3 Å². The van der Waals surface area contributed by atoms with E-state index in [1.54, 1.807) is 0 Å². The Hall–Kier alpha value is -0.600. The van der Waals surface area contributed by atoms with Crippen molar-refractivity contribution in [1.29, 1.82) is 0 Å². The summed E-state index contributed by atoms with van der Waals surface area (Å²) in [5.41, 5.74) is 0. The lowest BCUT2D eigenvalue weighted by molar-refractivity contribution is 0.416. The van der Waals surface area contributed by atoms with E-state index in [1.165, 1.54) is 25.7 Å². The number of hydrogen-bond donors (Lipinski definition) is 2. The molecule has 0 rings (SSSR count). The van der Waals surface area contributed by atoms with Gasteiger partial charge in [-0.15, -0.1) is 13.2 Å². The molecule has 0 aliphatic heterocycles. The Bertz CT molecular complexity index is 131. The summed E-state index contributed by atoms with van der Waals surface area (Å²) in [7, 11) is 0. The van der Waals surface area contributed by atoms with Gasteiger partial charge in [0.2, 0.25) is 0 Å². The standard InChI is InChI=1S/C12H24N2/c1-4-7-8-9-12(13-10-5-2)14-11-6-3/h5-6,12-14H,2-4,7-11H2,1H3. The number of hydrogen-bond acceptors (Lipinski definition) is 2. The molecule has 0 spiro atoms. The molecule has 0 aromatic heterocycles. The van der Waals surface area contributed by atoms with E-state index in [1.807, 2.05) is 12.2 Å². The van der Waals surface area contributed by atoms with Gasteiger partial charge in [0.15, 0.2) is 0 Å². The van der Waals surface area contributed by atoms with Crippen LogP contribution in [0.4, 0.5) is 0 Å². The molecule has 0 fully saturated rings. The van der Waals surface area contributed by atoms with Crippen molar-refractivity contribution in [2.75, 3.05) is 13.1 Å². The van der Waals surface area contributed by atoms with Crippen LogP contribution in [0.5, 0.6) is 0 Å². The monoisotopic (exact) mass is 196 g/mol. The first-order chi connectivity index (χ1) is 6.85. The van der Waals surface area contributed by atoms with E-state index in [0.29, 0.717) is 6.17 Å². The zero-order valence-electron chi connectivity index (χ0n) is 9.39. The minimum absolute atomic E-state index is 0.401. The zero-order chi connectivity index (χ0) is 10.6. The van der Waals surface area contributed by atoms with Crippen LogP contribution in [0, 0.1) is 0 Å². The van der Waals surface area contributed by atoms with Crippen molar-refractivity contribution in [3.05, 3.63) is 25.3 Å². The first-order valence-electron chi connectivity index (χ1n) is 5.53. The fourth-order valence-electron chi connectivity index (χ4n) is 1.33. The van der Waals surface area contributed by atoms with Crippen molar-refractivity contribution in [2.24, 2.45) is 0 Å². The molecule has 0 aromatic rings. The van der Waals surface area contributed by atoms with Crippen LogP contribution in [0.3, 0.4) is 0 Å². The maximum absolute atomic E-state index is 3.70. The van der Waals surface area contributed by atoms with E-state index in [2.05, 4.69) is 30.7 Å². The summed E-state index contributed by atoms with van der Waals surface area (Å²) in [6, 6.07) is 0. The molecule has 0 unspecified atom stereocenters. The first-order valence-corrected chi connectivity index (χ1v) is 5.53. The molecule has 0 radical (unpaired) electrons. The van der Waals surface area contributed by atoms with E-state index < -0.39 is 0 Å². The molecular formula is C12H24N2. The summed E-state index contributed by atoms with van der Waals surface area (Å²) in [5, 5.41) is 6.77. The number of nitrogens with one attached hydrogen (secondary N) is 2. The Kier molecular flexibility index (Phi) is 10.0. The van der Waals surface area contributed by atoms with E-state index in [-0.39, 0.29) is 0 Å². The van der Waals surface area contributed by atoms with E-state index >= 15 is 0 Å². The van der Waals surface area contributed by atoms with Gasteiger partial charge in [0.1, 0.15) is 0 Å². The van der Waals surface area contributed by atoms with Crippen molar-refractivity contribution in [3.63, 3.8) is 0 Å². The van der Waals surface area contributed by atoms with Crippen LogP contribution >= 0.6 is 0 Å². The third-order valence-electron chi connectivity index (χ3n) is 2.11. The van der Waals surface area contributed by atoms with Crippen LogP contribution < -0.4 is 10.6 Å². The van der Waals surface area contributed by atoms with E-state index in [4.69, 9.17) is 0 Å². The molecule has 2 N–H and O–H groups in total. The fourth-order valence-corrected chi connectivity index (χ4v) is 1.33. The average molecular weight is 196 g/mol. The largest absolute Gasteiger partial charge is 0.298 e. The van der Waals surface area contributed by atoms with Gasteiger partial charge in [-0.2, -0.15) is 0 Å². The minimum atomic E-state index is 0.401. The maximum Gasteiger partial charge on any atom is 0.0576 e. The van der Waals surface area contributed by atoms with Gasteiger partial charge in [-0.25, -0.2) is 0 Å². The molecule has 0 aliphatic carbocycles.